The van der Waals surface area contributed by atoms with Gasteiger partial charge in [0.05, 0.1) is 6.20 Å². The van der Waals surface area contributed by atoms with E-state index in [2.05, 4.69) is 22.3 Å². The first kappa shape index (κ1) is 12.8. The summed E-state index contributed by atoms with van der Waals surface area (Å²) in [6.07, 6.45) is 6.61. The van der Waals surface area contributed by atoms with Crippen molar-refractivity contribution in [3.63, 3.8) is 0 Å². The fourth-order valence-electron chi connectivity index (χ4n) is 1.83. The summed E-state index contributed by atoms with van der Waals surface area (Å²) in [5.74, 6) is 1.58. The normalized spacial score (nSPS) is 11.0. The Morgan fingerprint density at radius 3 is 3.00 bits per heavy atom. The molecule has 0 atom stereocenters. The molecule has 98 valence electrons. The van der Waals surface area contributed by atoms with Gasteiger partial charge in [-0.1, -0.05) is 6.92 Å². The van der Waals surface area contributed by atoms with Gasteiger partial charge in [0, 0.05) is 19.7 Å². The highest BCUT2D eigenvalue weighted by Gasteiger charge is 2.09. The Morgan fingerprint density at radius 1 is 1.39 bits per heavy atom. The van der Waals surface area contributed by atoms with Crippen LogP contribution in [0.5, 0.6) is 0 Å². The van der Waals surface area contributed by atoms with Crippen molar-refractivity contribution < 1.29 is 4.42 Å². The zero-order valence-electron chi connectivity index (χ0n) is 11.0. The highest BCUT2D eigenvalue weighted by Crippen LogP contribution is 2.19. The van der Waals surface area contributed by atoms with Crippen LogP contribution in [0.1, 0.15) is 25.7 Å². The van der Waals surface area contributed by atoms with Gasteiger partial charge in [0.1, 0.15) is 5.69 Å². The molecule has 5 heteroatoms. The summed E-state index contributed by atoms with van der Waals surface area (Å²) in [5.41, 5.74) is 0.956. The zero-order chi connectivity index (χ0) is 12.8. The second-order valence-corrected chi connectivity index (χ2v) is 4.31. The van der Waals surface area contributed by atoms with Crippen LogP contribution >= 0.6 is 0 Å². The van der Waals surface area contributed by atoms with Gasteiger partial charge in [-0.2, -0.15) is 5.10 Å². The Hall–Kier alpha value is -1.62. The van der Waals surface area contributed by atoms with Gasteiger partial charge in [-0.25, -0.2) is 4.98 Å². The maximum absolute atomic E-state index is 5.72. The van der Waals surface area contributed by atoms with Gasteiger partial charge in [-0.15, -0.1) is 0 Å². The summed E-state index contributed by atoms with van der Waals surface area (Å²) in [6, 6.07) is 1.92. The van der Waals surface area contributed by atoms with Crippen LogP contribution in [-0.4, -0.2) is 27.9 Å². The largest absolute Gasteiger partial charge is 0.439 e. The molecule has 2 aromatic heterocycles. The second-order valence-electron chi connectivity index (χ2n) is 4.31. The van der Waals surface area contributed by atoms with Crippen molar-refractivity contribution in [2.45, 2.75) is 26.2 Å². The smallest absolute Gasteiger partial charge is 0.195 e. The van der Waals surface area contributed by atoms with Crippen LogP contribution in [0.2, 0.25) is 0 Å². The minimum absolute atomic E-state index is 0.784. The number of aromatic nitrogens is 3. The van der Waals surface area contributed by atoms with Crippen molar-refractivity contribution in [2.75, 3.05) is 13.1 Å². The summed E-state index contributed by atoms with van der Waals surface area (Å²) in [7, 11) is 1.90. The van der Waals surface area contributed by atoms with Crippen LogP contribution in [0.15, 0.2) is 22.9 Å². The van der Waals surface area contributed by atoms with E-state index in [0.717, 1.165) is 43.3 Å². The van der Waals surface area contributed by atoms with E-state index in [0.29, 0.717) is 0 Å². The van der Waals surface area contributed by atoms with E-state index in [1.165, 1.54) is 6.42 Å². The molecule has 2 rings (SSSR count). The van der Waals surface area contributed by atoms with Gasteiger partial charge in [-0.05, 0) is 32.0 Å². The first-order chi connectivity index (χ1) is 8.81. The van der Waals surface area contributed by atoms with Crippen molar-refractivity contribution in [1.82, 2.24) is 20.1 Å². The van der Waals surface area contributed by atoms with Crippen LogP contribution in [-0.2, 0) is 13.5 Å². The highest BCUT2D eigenvalue weighted by atomic mass is 16.4. The van der Waals surface area contributed by atoms with E-state index in [1.54, 1.807) is 17.1 Å². The standard InChI is InChI=1S/C13H20N4O/c1-3-7-14-8-4-5-13-15-10-12(18-13)11-6-9-16-17(11)2/h6,9-10,14H,3-5,7-8H2,1-2H3. The van der Waals surface area contributed by atoms with Crippen LogP contribution in [0, 0.1) is 0 Å². The molecule has 1 N–H and O–H groups in total. The van der Waals surface area contributed by atoms with E-state index in [1.807, 2.05) is 13.1 Å². The summed E-state index contributed by atoms with van der Waals surface area (Å²) in [5, 5.41) is 7.48. The fraction of sp³-hybridized carbons (Fsp3) is 0.538. The Morgan fingerprint density at radius 2 is 2.28 bits per heavy atom. The molecule has 0 saturated carbocycles. The van der Waals surface area contributed by atoms with E-state index >= 15 is 0 Å². The minimum Gasteiger partial charge on any atom is -0.439 e. The lowest BCUT2D eigenvalue weighted by Crippen LogP contribution is -2.16. The number of nitrogens with one attached hydrogen (secondary N) is 1. The quantitative estimate of drug-likeness (QED) is 0.761. The van der Waals surface area contributed by atoms with Crippen molar-refractivity contribution in [3.05, 3.63) is 24.4 Å². The molecule has 5 nitrogen and oxygen atoms in total. The van der Waals surface area contributed by atoms with Crippen molar-refractivity contribution >= 4 is 0 Å². The maximum atomic E-state index is 5.72. The molecule has 0 saturated heterocycles. The molecule has 0 aliphatic carbocycles. The Bertz CT molecular complexity index is 475. The number of hydrogen-bond acceptors (Lipinski definition) is 4. The molecule has 2 aromatic rings. The third kappa shape index (κ3) is 3.20. The predicted molar refractivity (Wildman–Crippen MR) is 70.2 cm³/mol. The number of rotatable bonds is 7. The molecule has 0 unspecified atom stereocenters. The van der Waals surface area contributed by atoms with Crippen molar-refractivity contribution in [2.24, 2.45) is 7.05 Å². The Kier molecular flexibility index (Phi) is 4.52. The molecule has 0 spiro atoms. The molecular weight excluding hydrogens is 228 g/mol. The van der Waals surface area contributed by atoms with Crippen molar-refractivity contribution in [3.8, 4) is 11.5 Å². The highest BCUT2D eigenvalue weighted by molar-refractivity contribution is 5.50. The summed E-state index contributed by atoms with van der Waals surface area (Å²) >= 11 is 0. The van der Waals surface area contributed by atoms with E-state index in [-0.39, 0.29) is 0 Å². The third-order valence-corrected chi connectivity index (χ3v) is 2.80. The second kappa shape index (κ2) is 6.35. The molecule has 0 amide bonds. The molecule has 0 aliphatic heterocycles. The molecule has 0 fully saturated rings. The number of nitrogens with zero attached hydrogens (tertiary/aromatic N) is 3. The lowest BCUT2D eigenvalue weighted by molar-refractivity contribution is 0.488. The summed E-state index contributed by atoms with van der Waals surface area (Å²) < 4.78 is 7.50. The SMILES string of the molecule is CCCNCCCc1ncc(-c2ccnn2C)o1. The number of aryl methyl sites for hydroxylation is 2. The van der Waals surface area contributed by atoms with E-state index in [9.17, 15) is 0 Å². The lowest BCUT2D eigenvalue weighted by Gasteiger charge is -2.00. The van der Waals surface area contributed by atoms with Gasteiger partial charge in [0.2, 0.25) is 0 Å². The molecular formula is C13H20N4O. The average molecular weight is 248 g/mol. The monoisotopic (exact) mass is 248 g/mol. The number of hydrogen-bond donors (Lipinski definition) is 1. The third-order valence-electron chi connectivity index (χ3n) is 2.80. The molecule has 0 aliphatic rings. The summed E-state index contributed by atoms with van der Waals surface area (Å²) in [6.45, 7) is 4.25. The van der Waals surface area contributed by atoms with Gasteiger partial charge >= 0.3 is 0 Å². The molecule has 0 radical (unpaired) electrons. The lowest BCUT2D eigenvalue weighted by atomic mass is 10.3. The first-order valence-electron chi connectivity index (χ1n) is 6.45. The predicted octanol–water partition coefficient (Wildman–Crippen LogP) is 2.01. The Labute approximate surface area is 107 Å². The maximum Gasteiger partial charge on any atom is 0.195 e. The summed E-state index contributed by atoms with van der Waals surface area (Å²) in [4.78, 5) is 4.30. The van der Waals surface area contributed by atoms with Crippen LogP contribution in [0.4, 0.5) is 0 Å². The fourth-order valence-corrected chi connectivity index (χ4v) is 1.83. The van der Waals surface area contributed by atoms with Crippen LogP contribution in [0.25, 0.3) is 11.5 Å². The topological polar surface area (TPSA) is 55.9 Å². The van der Waals surface area contributed by atoms with Crippen molar-refractivity contribution in [1.29, 1.82) is 0 Å². The van der Waals surface area contributed by atoms with Gasteiger partial charge in [0.15, 0.2) is 11.7 Å². The molecule has 18 heavy (non-hydrogen) atoms. The molecule has 0 aromatic carbocycles. The van der Waals surface area contributed by atoms with Gasteiger partial charge in [-0.3, -0.25) is 4.68 Å². The zero-order valence-corrected chi connectivity index (χ0v) is 11.0. The average Bonchev–Trinajstić information content (AvgIpc) is 2.97. The molecule has 2 heterocycles. The minimum atomic E-state index is 0.784. The van der Waals surface area contributed by atoms with E-state index in [4.69, 9.17) is 4.42 Å². The van der Waals surface area contributed by atoms with Gasteiger partial charge < -0.3 is 9.73 Å². The van der Waals surface area contributed by atoms with Gasteiger partial charge in [0.25, 0.3) is 0 Å². The van der Waals surface area contributed by atoms with E-state index < -0.39 is 0 Å². The van der Waals surface area contributed by atoms with Crippen LogP contribution < -0.4 is 5.32 Å². The first-order valence-corrected chi connectivity index (χ1v) is 6.45. The Balaban J connectivity index is 1.85. The molecule has 0 bridgehead atoms. The number of oxazole rings is 1. The van der Waals surface area contributed by atoms with Crippen LogP contribution in [0.3, 0.4) is 0 Å².